The van der Waals surface area contributed by atoms with Crippen molar-refractivity contribution < 1.29 is 23.7 Å². The van der Waals surface area contributed by atoms with Crippen LogP contribution in [0.1, 0.15) is 16.1 Å². The molecule has 0 unspecified atom stereocenters. The van der Waals surface area contributed by atoms with Crippen LogP contribution in [0.15, 0.2) is 39.4 Å². The average Bonchev–Trinajstić information content (AvgIpc) is 2.93. The summed E-state index contributed by atoms with van der Waals surface area (Å²) < 4.78 is 10.1. The Hall–Kier alpha value is -2.68. The molecule has 0 aliphatic rings. The van der Waals surface area contributed by atoms with Gasteiger partial charge in [-0.05, 0) is 40.5 Å². The van der Waals surface area contributed by atoms with Crippen molar-refractivity contribution in [2.45, 2.75) is 6.92 Å². The summed E-state index contributed by atoms with van der Waals surface area (Å²) in [6.45, 7) is 1.14. The number of nitro groups is 1. The molecule has 0 aliphatic carbocycles. The van der Waals surface area contributed by atoms with E-state index in [9.17, 15) is 19.7 Å². The van der Waals surface area contributed by atoms with Crippen molar-refractivity contribution in [2.75, 3.05) is 11.9 Å². The zero-order chi connectivity index (χ0) is 17.0. The van der Waals surface area contributed by atoms with Crippen LogP contribution in [0.25, 0.3) is 0 Å². The van der Waals surface area contributed by atoms with E-state index >= 15 is 0 Å². The van der Waals surface area contributed by atoms with Gasteiger partial charge in [0.05, 0.1) is 10.6 Å². The van der Waals surface area contributed by atoms with Crippen molar-refractivity contribution >= 4 is 39.2 Å². The number of hydrogen-bond acceptors (Lipinski definition) is 6. The number of nitro benzene ring substituents is 1. The SMILES string of the molecule is Cc1ccc([N+](=O)[O-])cc1NC(=O)COC(=O)c1ccc(Br)o1. The number of carbonyl (C=O) groups excluding carboxylic acids is 2. The molecule has 0 bridgehead atoms. The maximum atomic E-state index is 11.8. The summed E-state index contributed by atoms with van der Waals surface area (Å²) in [6.07, 6.45) is 0. The first-order valence-electron chi connectivity index (χ1n) is 6.34. The fraction of sp³-hybridized carbons (Fsp3) is 0.143. The molecule has 1 amide bonds. The number of rotatable bonds is 5. The topological polar surface area (TPSA) is 112 Å². The molecule has 1 aromatic carbocycles. The Morgan fingerprint density at radius 3 is 2.70 bits per heavy atom. The summed E-state index contributed by atoms with van der Waals surface area (Å²) in [7, 11) is 0. The number of halogens is 1. The van der Waals surface area contributed by atoms with E-state index in [2.05, 4.69) is 21.2 Å². The fourth-order valence-corrected chi connectivity index (χ4v) is 1.98. The first-order valence-corrected chi connectivity index (χ1v) is 7.13. The normalized spacial score (nSPS) is 10.2. The quantitative estimate of drug-likeness (QED) is 0.483. The van der Waals surface area contributed by atoms with Crippen LogP contribution in [-0.4, -0.2) is 23.4 Å². The predicted molar refractivity (Wildman–Crippen MR) is 83.2 cm³/mol. The number of anilines is 1. The Kier molecular flexibility index (Phi) is 5.12. The van der Waals surface area contributed by atoms with Gasteiger partial charge >= 0.3 is 5.97 Å². The monoisotopic (exact) mass is 382 g/mol. The highest BCUT2D eigenvalue weighted by Gasteiger charge is 2.15. The van der Waals surface area contributed by atoms with Crippen LogP contribution < -0.4 is 5.32 Å². The van der Waals surface area contributed by atoms with Crippen LogP contribution in [0.5, 0.6) is 0 Å². The second-order valence-corrected chi connectivity index (χ2v) is 5.27. The Bertz CT molecular complexity index is 770. The maximum absolute atomic E-state index is 11.8. The number of ether oxygens (including phenoxy) is 1. The van der Waals surface area contributed by atoms with E-state index in [0.717, 1.165) is 0 Å². The molecule has 1 aromatic heterocycles. The number of aryl methyl sites for hydroxylation is 1. The average molecular weight is 383 g/mol. The fourth-order valence-electron chi connectivity index (χ4n) is 1.67. The number of amides is 1. The van der Waals surface area contributed by atoms with Gasteiger partial charge in [0.15, 0.2) is 11.3 Å². The van der Waals surface area contributed by atoms with E-state index in [-0.39, 0.29) is 17.1 Å². The highest BCUT2D eigenvalue weighted by Crippen LogP contribution is 2.21. The molecular formula is C14H11BrN2O6. The van der Waals surface area contributed by atoms with Crippen LogP contribution >= 0.6 is 15.9 Å². The van der Waals surface area contributed by atoms with Crippen molar-refractivity contribution in [1.29, 1.82) is 0 Å². The molecule has 0 spiro atoms. The minimum atomic E-state index is -0.790. The first-order chi connectivity index (χ1) is 10.9. The van der Waals surface area contributed by atoms with E-state index in [0.29, 0.717) is 10.2 Å². The number of esters is 1. The summed E-state index contributed by atoms with van der Waals surface area (Å²) in [4.78, 5) is 33.6. The van der Waals surface area contributed by atoms with Crippen LogP contribution in [0, 0.1) is 17.0 Å². The van der Waals surface area contributed by atoms with Gasteiger partial charge in [-0.1, -0.05) is 6.07 Å². The number of carbonyl (C=O) groups is 2. The highest BCUT2D eigenvalue weighted by atomic mass is 79.9. The minimum absolute atomic E-state index is 0.0452. The Labute approximate surface area is 138 Å². The maximum Gasteiger partial charge on any atom is 0.374 e. The van der Waals surface area contributed by atoms with E-state index in [1.54, 1.807) is 6.92 Å². The number of nitrogens with one attached hydrogen (secondary N) is 1. The van der Waals surface area contributed by atoms with Crippen molar-refractivity contribution in [3.8, 4) is 0 Å². The van der Waals surface area contributed by atoms with E-state index in [1.165, 1.54) is 30.3 Å². The molecule has 0 radical (unpaired) electrons. The predicted octanol–water partition coefficient (Wildman–Crippen LogP) is 3.05. The van der Waals surface area contributed by atoms with E-state index in [1.807, 2.05) is 0 Å². The Morgan fingerprint density at radius 1 is 1.35 bits per heavy atom. The molecule has 0 aliphatic heterocycles. The second-order valence-electron chi connectivity index (χ2n) is 4.48. The first kappa shape index (κ1) is 16.7. The van der Waals surface area contributed by atoms with Gasteiger partial charge in [0, 0.05) is 12.1 Å². The zero-order valence-electron chi connectivity index (χ0n) is 11.9. The lowest BCUT2D eigenvalue weighted by atomic mass is 10.2. The van der Waals surface area contributed by atoms with Crippen molar-refractivity contribution in [3.63, 3.8) is 0 Å². The molecule has 1 heterocycles. The van der Waals surface area contributed by atoms with Gasteiger partial charge in [-0.3, -0.25) is 14.9 Å². The summed E-state index contributed by atoms with van der Waals surface area (Å²) in [5, 5.41) is 13.2. The zero-order valence-corrected chi connectivity index (χ0v) is 13.5. The summed E-state index contributed by atoms with van der Waals surface area (Å²) >= 11 is 3.04. The molecule has 2 rings (SSSR count). The third-order valence-corrected chi connectivity index (χ3v) is 3.24. The molecule has 2 aromatic rings. The van der Waals surface area contributed by atoms with Gasteiger partial charge in [-0.15, -0.1) is 0 Å². The molecule has 23 heavy (non-hydrogen) atoms. The molecule has 0 saturated carbocycles. The molecule has 9 heteroatoms. The van der Waals surface area contributed by atoms with Gasteiger partial charge in [0.1, 0.15) is 0 Å². The molecule has 8 nitrogen and oxygen atoms in total. The van der Waals surface area contributed by atoms with Crippen LogP contribution in [0.3, 0.4) is 0 Å². The molecule has 0 saturated heterocycles. The Balaban J connectivity index is 1.96. The smallest absolute Gasteiger partial charge is 0.374 e. The number of benzene rings is 1. The summed E-state index contributed by atoms with van der Waals surface area (Å²) in [5.41, 5.74) is 0.773. The number of non-ortho nitro benzene ring substituents is 1. The molecule has 120 valence electrons. The third-order valence-electron chi connectivity index (χ3n) is 2.81. The summed E-state index contributed by atoms with van der Waals surface area (Å²) in [6, 6.07) is 7.00. The lowest BCUT2D eigenvalue weighted by Crippen LogP contribution is -2.21. The standard InChI is InChI=1S/C14H11BrN2O6/c1-8-2-3-9(17(20)21)6-10(8)16-13(18)7-22-14(19)11-4-5-12(15)23-11/h2-6H,7H2,1H3,(H,16,18). The van der Waals surface area contributed by atoms with Crippen molar-refractivity contribution in [2.24, 2.45) is 0 Å². The lowest BCUT2D eigenvalue weighted by molar-refractivity contribution is -0.384. The molecule has 0 atom stereocenters. The summed E-state index contributed by atoms with van der Waals surface area (Å²) in [5.74, 6) is -1.45. The van der Waals surface area contributed by atoms with Crippen LogP contribution in [0.4, 0.5) is 11.4 Å². The van der Waals surface area contributed by atoms with Gasteiger partial charge in [0.25, 0.3) is 11.6 Å². The van der Waals surface area contributed by atoms with Crippen molar-refractivity contribution in [3.05, 3.63) is 56.4 Å². The van der Waals surface area contributed by atoms with Gasteiger partial charge in [0.2, 0.25) is 5.76 Å². The highest BCUT2D eigenvalue weighted by molar-refractivity contribution is 9.10. The molecule has 1 N–H and O–H groups in total. The molecule has 0 fully saturated rings. The van der Waals surface area contributed by atoms with E-state index < -0.39 is 23.4 Å². The third kappa shape index (κ3) is 4.39. The van der Waals surface area contributed by atoms with Crippen LogP contribution in [-0.2, 0) is 9.53 Å². The lowest BCUT2D eigenvalue weighted by Gasteiger charge is -2.08. The van der Waals surface area contributed by atoms with Gasteiger partial charge < -0.3 is 14.5 Å². The number of furan rings is 1. The second kappa shape index (κ2) is 7.05. The van der Waals surface area contributed by atoms with E-state index in [4.69, 9.17) is 9.15 Å². The van der Waals surface area contributed by atoms with Gasteiger partial charge in [-0.2, -0.15) is 0 Å². The minimum Gasteiger partial charge on any atom is -0.450 e. The van der Waals surface area contributed by atoms with Crippen molar-refractivity contribution in [1.82, 2.24) is 0 Å². The number of nitrogens with zero attached hydrogens (tertiary/aromatic N) is 1. The largest absolute Gasteiger partial charge is 0.450 e. The Morgan fingerprint density at radius 2 is 2.09 bits per heavy atom. The van der Waals surface area contributed by atoms with Crippen LogP contribution in [0.2, 0.25) is 0 Å². The number of hydrogen-bond donors (Lipinski definition) is 1. The molecular weight excluding hydrogens is 372 g/mol. The van der Waals surface area contributed by atoms with Gasteiger partial charge in [-0.25, -0.2) is 4.79 Å².